The second-order valence-corrected chi connectivity index (χ2v) is 11.2. The fraction of sp³-hybridized carbons (Fsp3) is 0.346. The molecule has 0 spiro atoms. The van der Waals surface area contributed by atoms with E-state index in [0.29, 0.717) is 35.0 Å². The topological polar surface area (TPSA) is 99.6 Å². The summed E-state index contributed by atoms with van der Waals surface area (Å²) in [5, 5.41) is 23.3. The van der Waals surface area contributed by atoms with Crippen molar-refractivity contribution >= 4 is 45.2 Å². The molecule has 2 heterocycles. The van der Waals surface area contributed by atoms with Gasteiger partial charge in [0.1, 0.15) is 10.4 Å². The van der Waals surface area contributed by atoms with Crippen LogP contribution in [0.15, 0.2) is 65.8 Å². The normalized spacial score (nSPS) is 21.3. The van der Waals surface area contributed by atoms with Crippen LogP contribution < -0.4 is 10.6 Å². The van der Waals surface area contributed by atoms with Crippen molar-refractivity contribution in [3.63, 3.8) is 0 Å². The fourth-order valence-corrected chi connectivity index (χ4v) is 6.83. The van der Waals surface area contributed by atoms with E-state index in [1.54, 1.807) is 11.8 Å². The molecule has 0 bridgehead atoms. The first-order valence-corrected chi connectivity index (χ1v) is 13.7. The van der Waals surface area contributed by atoms with Gasteiger partial charge in [0, 0.05) is 13.0 Å². The van der Waals surface area contributed by atoms with E-state index in [2.05, 4.69) is 25.9 Å². The highest BCUT2D eigenvalue weighted by Crippen LogP contribution is 2.46. The Morgan fingerprint density at radius 1 is 0.917 bits per heavy atom. The van der Waals surface area contributed by atoms with Gasteiger partial charge in [-0.05, 0) is 36.3 Å². The Labute approximate surface area is 218 Å². The standard InChI is InChI=1S/C26H28N6O2S2/c1-32-24(36-26(31-32)28-22(34)15-18-10-6-3-7-11-18)20-13-12-19(16-20)23-29-30-25(35-23)27-21(33)14-17-8-4-2-5-9-17/h2-11,19-20,24H,12-16H2,1H3,(H,27,30,33)(H,28,31,34)/t19-,20+,24?/m1/s1. The average molecular weight is 521 g/mol. The number of amides is 2. The maximum Gasteiger partial charge on any atom is 0.230 e. The Morgan fingerprint density at radius 2 is 1.56 bits per heavy atom. The molecule has 1 aliphatic carbocycles. The predicted molar refractivity (Wildman–Crippen MR) is 144 cm³/mol. The van der Waals surface area contributed by atoms with Crippen molar-refractivity contribution < 1.29 is 9.59 Å². The smallest absolute Gasteiger partial charge is 0.230 e. The van der Waals surface area contributed by atoms with E-state index in [0.717, 1.165) is 35.4 Å². The first-order valence-electron chi connectivity index (χ1n) is 12.0. The van der Waals surface area contributed by atoms with Crippen LogP contribution in [0, 0.1) is 5.92 Å². The van der Waals surface area contributed by atoms with E-state index in [1.807, 2.05) is 72.7 Å². The summed E-state index contributed by atoms with van der Waals surface area (Å²) in [5.74, 6) is 0.605. The van der Waals surface area contributed by atoms with Crippen LogP contribution in [-0.4, -0.2) is 44.6 Å². The van der Waals surface area contributed by atoms with E-state index >= 15 is 0 Å². The van der Waals surface area contributed by atoms with Crippen LogP contribution in [0.4, 0.5) is 5.13 Å². The Hall–Kier alpha value is -3.24. The molecule has 2 N–H and O–H groups in total. The lowest BCUT2D eigenvalue weighted by Gasteiger charge is -2.23. The zero-order valence-electron chi connectivity index (χ0n) is 20.0. The molecule has 3 aromatic rings. The Balaban J connectivity index is 1.11. The lowest BCUT2D eigenvalue weighted by Crippen LogP contribution is -2.29. The van der Waals surface area contributed by atoms with Crippen molar-refractivity contribution in [2.45, 2.75) is 43.4 Å². The third kappa shape index (κ3) is 6.11. The quantitative estimate of drug-likeness (QED) is 0.484. The minimum Gasteiger partial charge on any atom is -0.303 e. The highest BCUT2D eigenvalue weighted by molar-refractivity contribution is 8.14. The number of hydrogen-bond acceptors (Lipinski definition) is 8. The van der Waals surface area contributed by atoms with E-state index < -0.39 is 0 Å². The molecule has 1 saturated carbocycles. The number of hydrogen-bond donors (Lipinski definition) is 2. The molecule has 1 aliphatic heterocycles. The number of nitrogens with one attached hydrogen (secondary N) is 2. The number of anilines is 1. The van der Waals surface area contributed by atoms with Crippen molar-refractivity contribution in [1.29, 1.82) is 0 Å². The van der Waals surface area contributed by atoms with Gasteiger partial charge >= 0.3 is 0 Å². The molecule has 2 aromatic carbocycles. The minimum atomic E-state index is -0.0869. The zero-order valence-corrected chi connectivity index (χ0v) is 21.6. The van der Waals surface area contributed by atoms with Gasteiger partial charge in [0.05, 0.1) is 12.8 Å². The molecule has 3 atom stereocenters. The van der Waals surface area contributed by atoms with Crippen LogP contribution >= 0.6 is 23.1 Å². The van der Waals surface area contributed by atoms with Gasteiger partial charge in [-0.25, -0.2) is 0 Å². The average Bonchev–Trinajstić information content (AvgIpc) is 3.60. The highest BCUT2D eigenvalue weighted by Gasteiger charge is 2.39. The summed E-state index contributed by atoms with van der Waals surface area (Å²) in [7, 11) is 1.96. The first-order chi connectivity index (χ1) is 17.5. The second kappa shape index (κ2) is 11.2. The lowest BCUT2D eigenvalue weighted by molar-refractivity contribution is -0.119. The molecule has 1 fully saturated rings. The molecule has 2 aliphatic rings. The van der Waals surface area contributed by atoms with Gasteiger partial charge in [0.2, 0.25) is 16.9 Å². The lowest BCUT2D eigenvalue weighted by atomic mass is 10.1. The molecule has 10 heteroatoms. The summed E-state index contributed by atoms with van der Waals surface area (Å²) >= 11 is 3.09. The van der Waals surface area contributed by atoms with Crippen molar-refractivity contribution in [2.75, 3.05) is 12.4 Å². The largest absolute Gasteiger partial charge is 0.303 e. The first kappa shape index (κ1) is 24.5. The molecule has 5 rings (SSSR count). The van der Waals surface area contributed by atoms with Crippen LogP contribution in [0.3, 0.4) is 0 Å². The van der Waals surface area contributed by atoms with E-state index in [4.69, 9.17) is 0 Å². The molecule has 0 radical (unpaired) electrons. The second-order valence-electron chi connectivity index (χ2n) is 9.12. The fourth-order valence-electron chi connectivity index (χ4n) is 4.71. The summed E-state index contributed by atoms with van der Waals surface area (Å²) in [6.45, 7) is 0. The number of nitrogens with zero attached hydrogens (tertiary/aromatic N) is 4. The maximum absolute atomic E-state index is 12.5. The number of hydrazone groups is 1. The molecule has 1 unspecified atom stereocenters. The van der Waals surface area contributed by atoms with Gasteiger partial charge in [0.15, 0.2) is 5.17 Å². The number of rotatable bonds is 7. The van der Waals surface area contributed by atoms with Crippen LogP contribution in [-0.2, 0) is 22.4 Å². The van der Waals surface area contributed by atoms with Crippen molar-refractivity contribution in [2.24, 2.45) is 11.0 Å². The van der Waals surface area contributed by atoms with Crippen LogP contribution in [0.1, 0.15) is 41.3 Å². The molecule has 8 nitrogen and oxygen atoms in total. The summed E-state index contributed by atoms with van der Waals surface area (Å²) in [6.07, 6.45) is 3.72. The number of benzene rings is 2. The van der Waals surface area contributed by atoms with Gasteiger partial charge < -0.3 is 10.6 Å². The third-order valence-corrected chi connectivity index (χ3v) is 8.76. The number of thioether (sulfide) groups is 1. The van der Waals surface area contributed by atoms with Gasteiger partial charge in [-0.3, -0.25) is 14.6 Å². The van der Waals surface area contributed by atoms with Crippen LogP contribution in [0.25, 0.3) is 0 Å². The van der Waals surface area contributed by atoms with Gasteiger partial charge in [-0.15, -0.1) is 10.2 Å². The van der Waals surface area contributed by atoms with Crippen molar-refractivity contribution in [3.05, 3.63) is 76.8 Å². The van der Waals surface area contributed by atoms with Crippen LogP contribution in [0.2, 0.25) is 0 Å². The zero-order chi connectivity index (χ0) is 24.9. The highest BCUT2D eigenvalue weighted by atomic mass is 32.2. The number of carbonyl (C=O) groups is 2. The van der Waals surface area contributed by atoms with E-state index in [1.165, 1.54) is 11.3 Å². The summed E-state index contributed by atoms with van der Waals surface area (Å²) < 4.78 is 0. The summed E-state index contributed by atoms with van der Waals surface area (Å²) in [5.41, 5.74) is 1.95. The van der Waals surface area contributed by atoms with Crippen molar-refractivity contribution in [3.8, 4) is 0 Å². The Kier molecular flexibility index (Phi) is 7.62. The number of carbonyl (C=O) groups excluding carboxylic acids is 2. The minimum absolute atomic E-state index is 0.0542. The summed E-state index contributed by atoms with van der Waals surface area (Å²) in [4.78, 5) is 24.8. The molecule has 1 aromatic heterocycles. The number of aromatic nitrogens is 2. The van der Waals surface area contributed by atoms with Crippen LogP contribution in [0.5, 0.6) is 0 Å². The van der Waals surface area contributed by atoms with E-state index in [-0.39, 0.29) is 17.2 Å². The summed E-state index contributed by atoms with van der Waals surface area (Å²) in [6, 6.07) is 19.4. The Bertz CT molecular complexity index is 1230. The van der Waals surface area contributed by atoms with E-state index in [9.17, 15) is 9.59 Å². The molecule has 186 valence electrons. The SMILES string of the molecule is CN1N=C(NC(=O)Cc2ccccc2)SC1[C@H]1CC[C@@H](c2nnc(NC(=O)Cc3ccccc3)s2)C1. The molecule has 0 saturated heterocycles. The van der Waals surface area contributed by atoms with Gasteiger partial charge in [0.25, 0.3) is 0 Å². The van der Waals surface area contributed by atoms with Gasteiger partial charge in [-0.2, -0.15) is 5.10 Å². The maximum atomic E-state index is 12.5. The Morgan fingerprint density at radius 3 is 2.22 bits per heavy atom. The molecular weight excluding hydrogens is 492 g/mol. The molecule has 36 heavy (non-hydrogen) atoms. The molecule has 2 amide bonds. The predicted octanol–water partition coefficient (Wildman–Crippen LogP) is 4.24. The molecular formula is C26H28N6O2S2. The monoisotopic (exact) mass is 520 g/mol. The third-order valence-electron chi connectivity index (χ3n) is 6.42. The number of amidine groups is 1. The van der Waals surface area contributed by atoms with Crippen molar-refractivity contribution in [1.82, 2.24) is 20.5 Å². The van der Waals surface area contributed by atoms with Gasteiger partial charge in [-0.1, -0.05) is 83.8 Å².